The van der Waals surface area contributed by atoms with E-state index in [1.807, 2.05) is 13.0 Å². The van der Waals surface area contributed by atoms with Crippen LogP contribution in [-0.4, -0.2) is 65.7 Å². The van der Waals surface area contributed by atoms with Gasteiger partial charge in [0.15, 0.2) is 0 Å². The number of benzene rings is 1. The van der Waals surface area contributed by atoms with E-state index in [2.05, 4.69) is 52.2 Å². The molecule has 2 aliphatic rings. The van der Waals surface area contributed by atoms with Gasteiger partial charge in [-0.05, 0) is 63.6 Å². The second kappa shape index (κ2) is 11.7. The number of hydrogen-bond acceptors (Lipinski definition) is 7. The summed E-state index contributed by atoms with van der Waals surface area (Å²) < 4.78 is 5.07. The topological polar surface area (TPSA) is 87.7 Å². The van der Waals surface area contributed by atoms with Crippen molar-refractivity contribution in [2.75, 3.05) is 37.7 Å². The van der Waals surface area contributed by atoms with Crippen molar-refractivity contribution in [1.29, 1.82) is 0 Å². The van der Waals surface area contributed by atoms with E-state index in [9.17, 15) is 9.59 Å². The molecule has 3 heterocycles. The van der Waals surface area contributed by atoms with Crippen LogP contribution in [0.1, 0.15) is 43.7 Å². The summed E-state index contributed by atoms with van der Waals surface area (Å²) in [6.07, 6.45) is 4.51. The minimum absolute atomic E-state index is 0.0139. The number of ether oxygens (including phenoxy) is 1. The minimum Gasteiger partial charge on any atom is -0.450 e. The molecule has 2 aromatic rings. The van der Waals surface area contributed by atoms with Crippen LogP contribution in [0.5, 0.6) is 0 Å². The van der Waals surface area contributed by atoms with Gasteiger partial charge < -0.3 is 19.9 Å². The third-order valence-electron chi connectivity index (χ3n) is 6.74. The molecule has 188 valence electrons. The summed E-state index contributed by atoms with van der Waals surface area (Å²) in [6.45, 7) is 9.25. The Morgan fingerprint density at radius 3 is 2.51 bits per heavy atom. The zero-order valence-electron chi connectivity index (χ0n) is 20.8. The van der Waals surface area contributed by atoms with Crippen LogP contribution in [0.25, 0.3) is 0 Å². The second-order valence-electron chi connectivity index (χ2n) is 9.32. The zero-order valence-corrected chi connectivity index (χ0v) is 21.6. The van der Waals surface area contributed by atoms with Crippen LogP contribution in [0.3, 0.4) is 0 Å². The molecule has 0 unspecified atom stereocenters. The van der Waals surface area contributed by atoms with E-state index < -0.39 is 0 Å². The maximum absolute atomic E-state index is 12.9. The third kappa shape index (κ3) is 6.66. The van der Waals surface area contributed by atoms with Gasteiger partial charge in [0.25, 0.3) is 0 Å². The molecule has 0 atom stereocenters. The number of carbonyl (C=O) groups is 2. The minimum atomic E-state index is -0.259. The first-order chi connectivity index (χ1) is 16.9. The van der Waals surface area contributed by atoms with Gasteiger partial charge in [-0.2, -0.15) is 0 Å². The average Bonchev–Trinajstić information content (AvgIpc) is 2.87. The summed E-state index contributed by atoms with van der Waals surface area (Å²) in [7, 11) is 0. The van der Waals surface area contributed by atoms with Crippen molar-refractivity contribution in [3.05, 3.63) is 41.7 Å². The number of anilines is 1. The fourth-order valence-corrected chi connectivity index (χ4v) is 5.56. The Kier molecular flexibility index (Phi) is 8.49. The molecule has 4 rings (SSSR count). The Morgan fingerprint density at radius 1 is 1.06 bits per heavy atom. The van der Waals surface area contributed by atoms with Crippen molar-refractivity contribution >= 4 is 29.6 Å². The van der Waals surface area contributed by atoms with E-state index in [0.29, 0.717) is 19.7 Å². The molecule has 9 heteroatoms. The number of aryl methyl sites for hydroxylation is 2. The monoisotopic (exact) mass is 497 g/mol. The molecule has 1 aromatic carbocycles. The van der Waals surface area contributed by atoms with Gasteiger partial charge in [0.1, 0.15) is 17.2 Å². The summed E-state index contributed by atoms with van der Waals surface area (Å²) in [5.74, 6) is 1.06. The smallest absolute Gasteiger partial charge is 0.409 e. The van der Waals surface area contributed by atoms with Gasteiger partial charge >= 0.3 is 6.09 Å². The first-order valence-electron chi connectivity index (χ1n) is 12.5. The first-order valence-corrected chi connectivity index (χ1v) is 13.3. The zero-order chi connectivity index (χ0) is 24.8. The molecule has 0 aliphatic carbocycles. The first kappa shape index (κ1) is 25.3. The van der Waals surface area contributed by atoms with E-state index in [4.69, 9.17) is 4.74 Å². The van der Waals surface area contributed by atoms with Gasteiger partial charge in [-0.25, -0.2) is 14.8 Å². The molecule has 1 N–H and O–H groups in total. The lowest BCUT2D eigenvalue weighted by molar-refractivity contribution is -0.126. The van der Waals surface area contributed by atoms with Crippen LogP contribution in [-0.2, 0) is 9.53 Å². The maximum atomic E-state index is 12.9. The van der Waals surface area contributed by atoms with Gasteiger partial charge in [0.2, 0.25) is 5.91 Å². The molecule has 0 bridgehead atoms. The molecule has 1 aromatic heterocycles. The third-order valence-corrected chi connectivity index (χ3v) is 7.83. The Hall–Kier alpha value is -2.81. The Bertz CT molecular complexity index is 1030. The van der Waals surface area contributed by atoms with E-state index in [-0.39, 0.29) is 24.0 Å². The quantitative estimate of drug-likeness (QED) is 0.599. The molecule has 2 amide bonds. The number of piperidine rings is 2. The maximum Gasteiger partial charge on any atom is 0.409 e. The number of aromatic nitrogens is 2. The molecule has 0 saturated carbocycles. The molecule has 2 saturated heterocycles. The Morgan fingerprint density at radius 2 is 1.80 bits per heavy atom. The molecule has 35 heavy (non-hydrogen) atoms. The van der Waals surface area contributed by atoms with Crippen LogP contribution < -0.4 is 10.2 Å². The van der Waals surface area contributed by atoms with Gasteiger partial charge in [0, 0.05) is 49.1 Å². The molecular formula is C26H35N5O3S. The van der Waals surface area contributed by atoms with Crippen LogP contribution in [0, 0.1) is 19.8 Å². The summed E-state index contributed by atoms with van der Waals surface area (Å²) in [5, 5.41) is 4.14. The predicted molar refractivity (Wildman–Crippen MR) is 137 cm³/mol. The SMILES string of the molecule is CCOC(=O)N1CCC(NC(=O)C2CCN(c3cc(Sc4cc(C)ccc4C)ncn3)CC2)CC1. The van der Waals surface area contributed by atoms with Gasteiger partial charge in [-0.3, -0.25) is 4.79 Å². The highest BCUT2D eigenvalue weighted by Crippen LogP contribution is 2.32. The van der Waals surface area contributed by atoms with Crippen molar-refractivity contribution < 1.29 is 14.3 Å². The summed E-state index contributed by atoms with van der Waals surface area (Å²) in [5.41, 5.74) is 2.47. The number of likely N-dealkylation sites (tertiary alicyclic amines) is 1. The summed E-state index contributed by atoms with van der Waals surface area (Å²) in [4.78, 5) is 38.9. The number of carbonyl (C=O) groups excluding carboxylic acids is 2. The molecule has 0 radical (unpaired) electrons. The van der Waals surface area contributed by atoms with Crippen molar-refractivity contribution in [2.24, 2.45) is 5.92 Å². The van der Waals surface area contributed by atoms with Crippen molar-refractivity contribution in [1.82, 2.24) is 20.2 Å². The fourth-order valence-electron chi connectivity index (χ4n) is 4.60. The van der Waals surface area contributed by atoms with Crippen molar-refractivity contribution in [3.63, 3.8) is 0 Å². The van der Waals surface area contributed by atoms with Crippen LogP contribution >= 0.6 is 11.8 Å². The Labute approximate surface area is 211 Å². The number of nitrogens with zero attached hydrogens (tertiary/aromatic N) is 4. The number of hydrogen-bond donors (Lipinski definition) is 1. The van der Waals surface area contributed by atoms with Gasteiger partial charge in [0.05, 0.1) is 6.61 Å². The number of rotatable bonds is 6. The normalized spacial score (nSPS) is 17.3. The standard InChI is InChI=1S/C26H35N5O3S/c1-4-34-26(33)31-13-9-21(10-14-31)29-25(32)20-7-11-30(12-8-20)23-16-24(28-17-27-23)35-22-15-18(2)5-6-19(22)3/h5-6,15-17,20-21H,4,7-14H2,1-3H3,(H,29,32). The highest BCUT2D eigenvalue weighted by atomic mass is 32.2. The van der Waals surface area contributed by atoms with Crippen molar-refractivity contribution in [3.8, 4) is 0 Å². The molecular weight excluding hydrogens is 462 g/mol. The Balaban J connectivity index is 1.26. The molecule has 0 spiro atoms. The lowest BCUT2D eigenvalue weighted by Crippen LogP contribution is -2.49. The number of nitrogens with one attached hydrogen (secondary N) is 1. The highest BCUT2D eigenvalue weighted by Gasteiger charge is 2.29. The summed E-state index contributed by atoms with van der Waals surface area (Å²) in [6, 6.07) is 8.62. The predicted octanol–water partition coefficient (Wildman–Crippen LogP) is 4.20. The lowest BCUT2D eigenvalue weighted by Gasteiger charge is -2.35. The van der Waals surface area contributed by atoms with E-state index in [1.165, 1.54) is 16.0 Å². The largest absolute Gasteiger partial charge is 0.450 e. The molecule has 8 nitrogen and oxygen atoms in total. The van der Waals surface area contributed by atoms with Crippen LogP contribution in [0.2, 0.25) is 0 Å². The average molecular weight is 498 g/mol. The van der Waals surface area contributed by atoms with Crippen LogP contribution in [0.15, 0.2) is 40.5 Å². The van der Waals surface area contributed by atoms with E-state index in [0.717, 1.165) is 49.6 Å². The van der Waals surface area contributed by atoms with Gasteiger partial charge in [-0.15, -0.1) is 0 Å². The number of amides is 2. The second-order valence-corrected chi connectivity index (χ2v) is 10.4. The van der Waals surface area contributed by atoms with Gasteiger partial charge in [-0.1, -0.05) is 23.9 Å². The van der Waals surface area contributed by atoms with Crippen LogP contribution in [0.4, 0.5) is 10.6 Å². The molecule has 2 fully saturated rings. The summed E-state index contributed by atoms with van der Waals surface area (Å²) >= 11 is 1.66. The van der Waals surface area contributed by atoms with E-state index >= 15 is 0 Å². The van der Waals surface area contributed by atoms with Crippen molar-refractivity contribution in [2.45, 2.75) is 62.4 Å². The fraction of sp³-hybridized carbons (Fsp3) is 0.538. The lowest BCUT2D eigenvalue weighted by atomic mass is 9.94. The molecule has 2 aliphatic heterocycles. The van der Waals surface area contributed by atoms with E-state index in [1.54, 1.807) is 23.0 Å². The highest BCUT2D eigenvalue weighted by molar-refractivity contribution is 7.99.